The summed E-state index contributed by atoms with van der Waals surface area (Å²) in [5.74, 6) is 0.290. The Kier molecular flexibility index (Phi) is 4.89. The second kappa shape index (κ2) is 5.97. The maximum atomic E-state index is 9.97. The lowest BCUT2D eigenvalue weighted by molar-refractivity contribution is 0.0635. The molecule has 0 aromatic carbocycles. The molecule has 0 bridgehead atoms. The van der Waals surface area contributed by atoms with E-state index in [0.717, 1.165) is 6.42 Å². The number of aliphatic hydroxyl groups is 1. The molecule has 0 aliphatic heterocycles. The van der Waals surface area contributed by atoms with Gasteiger partial charge in [0.2, 0.25) is 11.2 Å². The van der Waals surface area contributed by atoms with Crippen molar-refractivity contribution in [2.24, 2.45) is 0 Å². The minimum Gasteiger partial charge on any atom is -0.467 e. The van der Waals surface area contributed by atoms with Gasteiger partial charge < -0.3 is 15.2 Å². The third kappa shape index (κ3) is 4.70. The first-order valence-corrected chi connectivity index (χ1v) is 5.76. The SMILES string of the molecule is CCCC(C)(O)CNc1nc(Cl)nc(OC)n1. The molecular weight excluding hydrogens is 244 g/mol. The summed E-state index contributed by atoms with van der Waals surface area (Å²) >= 11 is 5.70. The van der Waals surface area contributed by atoms with Crippen LogP contribution in [0.4, 0.5) is 5.95 Å². The zero-order valence-corrected chi connectivity index (χ0v) is 11.0. The van der Waals surface area contributed by atoms with Gasteiger partial charge in [0.15, 0.2) is 0 Å². The first-order chi connectivity index (χ1) is 7.96. The number of aromatic nitrogens is 3. The second-order valence-electron chi connectivity index (χ2n) is 4.02. The number of rotatable bonds is 6. The number of methoxy groups -OCH3 is 1. The van der Waals surface area contributed by atoms with Crippen LogP contribution >= 0.6 is 11.6 Å². The quantitative estimate of drug-likeness (QED) is 0.807. The van der Waals surface area contributed by atoms with Crippen LogP contribution in [0.5, 0.6) is 6.01 Å². The van der Waals surface area contributed by atoms with E-state index in [2.05, 4.69) is 20.3 Å². The molecule has 0 spiro atoms. The van der Waals surface area contributed by atoms with Crippen LogP contribution in [0, 0.1) is 0 Å². The number of halogens is 1. The van der Waals surface area contributed by atoms with Gasteiger partial charge in [0, 0.05) is 6.54 Å². The maximum Gasteiger partial charge on any atom is 0.322 e. The predicted octanol–water partition coefficient (Wildman–Crippen LogP) is 1.50. The minimum absolute atomic E-state index is 0.0504. The molecule has 0 aliphatic rings. The van der Waals surface area contributed by atoms with E-state index in [0.29, 0.717) is 18.9 Å². The van der Waals surface area contributed by atoms with Crippen LogP contribution in [-0.4, -0.2) is 39.3 Å². The number of hydrogen-bond donors (Lipinski definition) is 2. The fourth-order valence-corrected chi connectivity index (χ4v) is 1.55. The molecule has 1 unspecified atom stereocenters. The molecule has 0 saturated heterocycles. The summed E-state index contributed by atoms with van der Waals surface area (Å²) in [7, 11) is 1.45. The Morgan fingerprint density at radius 2 is 2.12 bits per heavy atom. The molecule has 2 N–H and O–H groups in total. The summed E-state index contributed by atoms with van der Waals surface area (Å²) in [5, 5.41) is 12.9. The van der Waals surface area contributed by atoms with Gasteiger partial charge in [-0.15, -0.1) is 0 Å². The summed E-state index contributed by atoms with van der Waals surface area (Å²) < 4.78 is 4.87. The summed E-state index contributed by atoms with van der Waals surface area (Å²) in [6, 6.07) is 0.141. The first kappa shape index (κ1) is 13.9. The Bertz CT molecular complexity index is 373. The molecule has 0 saturated carbocycles. The molecule has 96 valence electrons. The van der Waals surface area contributed by atoms with Gasteiger partial charge in [-0.25, -0.2) is 0 Å². The van der Waals surface area contributed by atoms with Crippen molar-refractivity contribution in [1.29, 1.82) is 0 Å². The Labute approximate surface area is 105 Å². The van der Waals surface area contributed by atoms with Gasteiger partial charge in [-0.2, -0.15) is 15.0 Å². The number of hydrogen-bond acceptors (Lipinski definition) is 6. The average Bonchev–Trinajstić information content (AvgIpc) is 2.26. The summed E-state index contributed by atoms with van der Waals surface area (Å²) in [4.78, 5) is 11.6. The fraction of sp³-hybridized carbons (Fsp3) is 0.700. The van der Waals surface area contributed by atoms with E-state index in [1.54, 1.807) is 6.92 Å². The zero-order chi connectivity index (χ0) is 12.9. The predicted molar refractivity (Wildman–Crippen MR) is 65.4 cm³/mol. The van der Waals surface area contributed by atoms with E-state index in [9.17, 15) is 5.11 Å². The highest BCUT2D eigenvalue weighted by Crippen LogP contribution is 2.14. The Morgan fingerprint density at radius 3 is 2.71 bits per heavy atom. The van der Waals surface area contributed by atoms with Gasteiger partial charge in [-0.3, -0.25) is 0 Å². The van der Waals surface area contributed by atoms with Crippen molar-refractivity contribution in [3.63, 3.8) is 0 Å². The maximum absolute atomic E-state index is 9.97. The molecule has 0 fully saturated rings. The Balaban J connectivity index is 2.65. The lowest BCUT2D eigenvalue weighted by Gasteiger charge is -2.22. The van der Waals surface area contributed by atoms with Crippen LogP contribution < -0.4 is 10.1 Å². The van der Waals surface area contributed by atoms with Crippen molar-refractivity contribution >= 4 is 17.5 Å². The fourth-order valence-electron chi connectivity index (χ4n) is 1.40. The van der Waals surface area contributed by atoms with Crippen molar-refractivity contribution in [2.75, 3.05) is 19.0 Å². The largest absolute Gasteiger partial charge is 0.467 e. The third-order valence-corrected chi connectivity index (χ3v) is 2.36. The van der Waals surface area contributed by atoms with Gasteiger partial charge >= 0.3 is 6.01 Å². The smallest absolute Gasteiger partial charge is 0.322 e. The number of nitrogens with one attached hydrogen (secondary N) is 1. The number of anilines is 1. The molecule has 6 nitrogen and oxygen atoms in total. The Hall–Kier alpha value is -1.14. The van der Waals surface area contributed by atoms with Crippen LogP contribution in [0.3, 0.4) is 0 Å². The van der Waals surface area contributed by atoms with E-state index in [1.165, 1.54) is 7.11 Å². The van der Waals surface area contributed by atoms with Crippen molar-refractivity contribution in [2.45, 2.75) is 32.3 Å². The van der Waals surface area contributed by atoms with Crippen LogP contribution in [0.2, 0.25) is 5.28 Å². The van der Waals surface area contributed by atoms with Crippen LogP contribution in [0.15, 0.2) is 0 Å². The highest BCUT2D eigenvalue weighted by molar-refractivity contribution is 6.28. The van der Waals surface area contributed by atoms with E-state index in [-0.39, 0.29) is 11.3 Å². The van der Waals surface area contributed by atoms with Gasteiger partial charge in [0.25, 0.3) is 0 Å². The lowest BCUT2D eigenvalue weighted by Crippen LogP contribution is -2.33. The van der Waals surface area contributed by atoms with Gasteiger partial charge in [0.05, 0.1) is 12.7 Å². The monoisotopic (exact) mass is 260 g/mol. The highest BCUT2D eigenvalue weighted by atomic mass is 35.5. The molecule has 17 heavy (non-hydrogen) atoms. The first-order valence-electron chi connectivity index (χ1n) is 5.38. The second-order valence-corrected chi connectivity index (χ2v) is 4.35. The minimum atomic E-state index is -0.804. The molecule has 7 heteroatoms. The molecule has 1 atom stereocenters. The molecule has 1 rings (SSSR count). The van der Waals surface area contributed by atoms with E-state index in [1.807, 2.05) is 6.92 Å². The molecule has 0 aliphatic carbocycles. The molecule has 1 aromatic rings. The standard InChI is InChI=1S/C10H17ClN4O2/c1-4-5-10(2,16)6-12-8-13-7(11)14-9(15-8)17-3/h16H,4-6H2,1-3H3,(H,12,13,14,15). The van der Waals surface area contributed by atoms with Gasteiger partial charge in [0.1, 0.15) is 0 Å². The zero-order valence-electron chi connectivity index (χ0n) is 10.2. The summed E-state index contributed by atoms with van der Waals surface area (Å²) in [6.07, 6.45) is 1.59. The summed E-state index contributed by atoms with van der Waals surface area (Å²) in [6.45, 7) is 4.10. The highest BCUT2D eigenvalue weighted by Gasteiger charge is 2.19. The Morgan fingerprint density at radius 1 is 1.41 bits per heavy atom. The van der Waals surface area contributed by atoms with Gasteiger partial charge in [-0.1, -0.05) is 13.3 Å². The van der Waals surface area contributed by atoms with Crippen LogP contribution in [0.25, 0.3) is 0 Å². The van der Waals surface area contributed by atoms with E-state index < -0.39 is 5.60 Å². The molecule has 1 heterocycles. The molecule has 0 radical (unpaired) electrons. The van der Waals surface area contributed by atoms with Crippen molar-refractivity contribution in [3.05, 3.63) is 5.28 Å². The normalized spacial score (nSPS) is 14.2. The average molecular weight is 261 g/mol. The molecule has 0 amide bonds. The summed E-state index contributed by atoms with van der Waals surface area (Å²) in [5.41, 5.74) is -0.804. The third-order valence-electron chi connectivity index (χ3n) is 2.19. The van der Waals surface area contributed by atoms with Crippen molar-refractivity contribution < 1.29 is 9.84 Å². The van der Waals surface area contributed by atoms with Crippen molar-refractivity contribution in [3.8, 4) is 6.01 Å². The lowest BCUT2D eigenvalue weighted by atomic mass is 10.0. The van der Waals surface area contributed by atoms with E-state index in [4.69, 9.17) is 16.3 Å². The number of ether oxygens (including phenoxy) is 1. The van der Waals surface area contributed by atoms with Crippen LogP contribution in [0.1, 0.15) is 26.7 Å². The number of nitrogens with zero attached hydrogens (tertiary/aromatic N) is 3. The van der Waals surface area contributed by atoms with E-state index >= 15 is 0 Å². The van der Waals surface area contributed by atoms with Gasteiger partial charge in [-0.05, 0) is 24.9 Å². The topological polar surface area (TPSA) is 80.2 Å². The van der Waals surface area contributed by atoms with Crippen LogP contribution in [-0.2, 0) is 0 Å². The molecular formula is C10H17ClN4O2. The van der Waals surface area contributed by atoms with Crippen molar-refractivity contribution in [1.82, 2.24) is 15.0 Å². The molecule has 1 aromatic heterocycles.